The maximum atomic E-state index is 12.4. The molecule has 1 aromatic heterocycles. The first kappa shape index (κ1) is 14.6. The number of likely N-dealkylation sites (tertiary alicyclic amines) is 1. The molecule has 3 rings (SSSR count). The number of benzene rings is 1. The van der Waals surface area contributed by atoms with Gasteiger partial charge < -0.3 is 14.6 Å². The van der Waals surface area contributed by atoms with E-state index in [9.17, 15) is 4.79 Å². The van der Waals surface area contributed by atoms with Gasteiger partial charge in [0, 0.05) is 31.4 Å². The number of piperidine rings is 1. The zero-order valence-corrected chi connectivity index (χ0v) is 12.8. The number of aromatic amines is 1. The van der Waals surface area contributed by atoms with Crippen LogP contribution in [0.15, 0.2) is 36.7 Å². The second-order valence-electron chi connectivity index (χ2n) is 5.66. The van der Waals surface area contributed by atoms with E-state index in [2.05, 4.69) is 9.97 Å². The molecule has 2 heterocycles. The number of H-pyrrole nitrogens is 1. The summed E-state index contributed by atoms with van der Waals surface area (Å²) < 4.78 is 5.20. The van der Waals surface area contributed by atoms with Crippen molar-refractivity contribution in [2.45, 2.75) is 25.2 Å². The van der Waals surface area contributed by atoms with E-state index >= 15 is 0 Å². The zero-order valence-electron chi connectivity index (χ0n) is 12.8. The van der Waals surface area contributed by atoms with Crippen LogP contribution in [0.25, 0.3) is 0 Å². The van der Waals surface area contributed by atoms with Crippen LogP contribution in [-0.2, 0) is 11.2 Å². The lowest BCUT2D eigenvalue weighted by molar-refractivity contribution is -0.131. The zero-order chi connectivity index (χ0) is 15.4. The molecule has 0 unspecified atom stereocenters. The number of ether oxygens (including phenoxy) is 1. The number of rotatable bonds is 4. The Labute approximate surface area is 130 Å². The van der Waals surface area contributed by atoms with E-state index in [0.29, 0.717) is 12.3 Å². The third kappa shape index (κ3) is 3.30. The van der Waals surface area contributed by atoms with Crippen molar-refractivity contribution in [3.8, 4) is 5.75 Å². The highest BCUT2D eigenvalue weighted by Gasteiger charge is 2.25. The van der Waals surface area contributed by atoms with Gasteiger partial charge in [-0.05, 0) is 30.5 Å². The van der Waals surface area contributed by atoms with Gasteiger partial charge in [-0.15, -0.1) is 0 Å². The second kappa shape index (κ2) is 6.64. The lowest BCUT2D eigenvalue weighted by atomic mass is 9.95. The predicted octanol–water partition coefficient (Wildman–Crippen LogP) is 2.37. The molecule has 1 N–H and O–H groups in total. The summed E-state index contributed by atoms with van der Waals surface area (Å²) in [6.45, 7) is 1.60. The summed E-state index contributed by atoms with van der Waals surface area (Å²) in [5, 5.41) is 0. The average molecular weight is 299 g/mol. The van der Waals surface area contributed by atoms with Gasteiger partial charge in [-0.25, -0.2) is 4.98 Å². The maximum absolute atomic E-state index is 12.4. The third-order valence-corrected chi connectivity index (χ3v) is 4.24. The van der Waals surface area contributed by atoms with Gasteiger partial charge in [0.05, 0.1) is 13.5 Å². The first-order valence-electron chi connectivity index (χ1n) is 7.66. The lowest BCUT2D eigenvalue weighted by Gasteiger charge is -2.31. The van der Waals surface area contributed by atoms with E-state index in [-0.39, 0.29) is 5.91 Å². The van der Waals surface area contributed by atoms with Crippen molar-refractivity contribution in [2.24, 2.45) is 0 Å². The predicted molar refractivity (Wildman–Crippen MR) is 83.8 cm³/mol. The first-order chi connectivity index (χ1) is 10.8. The van der Waals surface area contributed by atoms with Crippen molar-refractivity contribution in [2.75, 3.05) is 20.2 Å². The SMILES string of the molecule is COc1cccc(CC(=O)N2CCC(c3ncc[nH]3)CC2)c1. The van der Waals surface area contributed by atoms with Gasteiger partial charge in [-0.1, -0.05) is 12.1 Å². The fourth-order valence-electron chi connectivity index (χ4n) is 2.97. The molecule has 1 amide bonds. The Morgan fingerprint density at radius 3 is 2.91 bits per heavy atom. The minimum absolute atomic E-state index is 0.186. The van der Waals surface area contributed by atoms with Crippen molar-refractivity contribution >= 4 is 5.91 Å². The summed E-state index contributed by atoms with van der Waals surface area (Å²) in [6, 6.07) is 7.71. The van der Waals surface area contributed by atoms with E-state index in [0.717, 1.165) is 43.1 Å². The molecule has 5 nitrogen and oxygen atoms in total. The molecule has 1 aromatic carbocycles. The Morgan fingerprint density at radius 1 is 1.41 bits per heavy atom. The Bertz CT molecular complexity index is 617. The first-order valence-corrected chi connectivity index (χ1v) is 7.66. The molecule has 22 heavy (non-hydrogen) atoms. The van der Waals surface area contributed by atoms with Crippen molar-refractivity contribution in [3.63, 3.8) is 0 Å². The molecule has 0 spiro atoms. The second-order valence-corrected chi connectivity index (χ2v) is 5.66. The lowest BCUT2D eigenvalue weighted by Crippen LogP contribution is -2.39. The minimum atomic E-state index is 0.186. The Hall–Kier alpha value is -2.30. The summed E-state index contributed by atoms with van der Waals surface area (Å²) in [5.41, 5.74) is 0.998. The van der Waals surface area contributed by atoms with Gasteiger partial charge in [-0.2, -0.15) is 0 Å². The fourth-order valence-corrected chi connectivity index (χ4v) is 2.97. The van der Waals surface area contributed by atoms with Crippen molar-refractivity contribution in [1.29, 1.82) is 0 Å². The Morgan fingerprint density at radius 2 is 2.23 bits per heavy atom. The molecule has 0 atom stereocenters. The molecule has 5 heteroatoms. The van der Waals surface area contributed by atoms with Crippen LogP contribution in [0.2, 0.25) is 0 Å². The normalized spacial score (nSPS) is 15.8. The fraction of sp³-hybridized carbons (Fsp3) is 0.412. The summed E-state index contributed by atoms with van der Waals surface area (Å²) in [4.78, 5) is 21.9. The van der Waals surface area contributed by atoms with Crippen LogP contribution in [0.5, 0.6) is 5.75 Å². The molecule has 0 saturated carbocycles. The summed E-state index contributed by atoms with van der Waals surface area (Å²) in [7, 11) is 1.64. The molecular formula is C17H21N3O2. The van der Waals surface area contributed by atoms with Crippen molar-refractivity contribution in [3.05, 3.63) is 48.0 Å². The highest BCUT2D eigenvalue weighted by atomic mass is 16.5. The number of aromatic nitrogens is 2. The number of hydrogen-bond donors (Lipinski definition) is 1. The number of carbonyl (C=O) groups is 1. The molecule has 1 aliphatic heterocycles. The number of amides is 1. The van der Waals surface area contributed by atoms with Gasteiger partial charge in [0.1, 0.15) is 11.6 Å². The third-order valence-electron chi connectivity index (χ3n) is 4.24. The Kier molecular flexibility index (Phi) is 4.42. The molecule has 2 aromatic rings. The highest BCUT2D eigenvalue weighted by molar-refractivity contribution is 5.79. The summed E-state index contributed by atoms with van der Waals surface area (Å²) >= 11 is 0. The van der Waals surface area contributed by atoms with Crippen LogP contribution in [0.4, 0.5) is 0 Å². The van der Waals surface area contributed by atoms with E-state index in [1.165, 1.54) is 0 Å². The molecular weight excluding hydrogens is 278 g/mol. The molecule has 0 radical (unpaired) electrons. The van der Waals surface area contributed by atoms with Gasteiger partial charge in [0.15, 0.2) is 0 Å². The maximum Gasteiger partial charge on any atom is 0.226 e. The quantitative estimate of drug-likeness (QED) is 0.943. The Balaban J connectivity index is 1.55. The number of nitrogens with one attached hydrogen (secondary N) is 1. The van der Waals surface area contributed by atoms with Gasteiger partial charge >= 0.3 is 0 Å². The van der Waals surface area contributed by atoms with Crippen molar-refractivity contribution in [1.82, 2.24) is 14.9 Å². The smallest absolute Gasteiger partial charge is 0.226 e. The number of nitrogens with zero attached hydrogens (tertiary/aromatic N) is 2. The van der Waals surface area contributed by atoms with Crippen LogP contribution in [-0.4, -0.2) is 41.0 Å². The van der Waals surface area contributed by atoms with Gasteiger partial charge in [-0.3, -0.25) is 4.79 Å². The van der Waals surface area contributed by atoms with E-state index in [1.807, 2.05) is 35.4 Å². The topological polar surface area (TPSA) is 58.2 Å². The van der Waals surface area contributed by atoms with Crippen molar-refractivity contribution < 1.29 is 9.53 Å². The minimum Gasteiger partial charge on any atom is -0.497 e. The largest absolute Gasteiger partial charge is 0.497 e. The number of methoxy groups -OCH3 is 1. The molecule has 0 bridgehead atoms. The average Bonchev–Trinajstić information content (AvgIpc) is 3.09. The van der Waals surface area contributed by atoms with Crippen LogP contribution in [0.1, 0.15) is 30.1 Å². The van der Waals surface area contributed by atoms with Gasteiger partial charge in [0.25, 0.3) is 0 Å². The monoisotopic (exact) mass is 299 g/mol. The standard InChI is InChI=1S/C17H21N3O2/c1-22-15-4-2-3-13(11-15)12-16(21)20-9-5-14(6-10-20)17-18-7-8-19-17/h2-4,7-8,11,14H,5-6,9-10,12H2,1H3,(H,18,19). The highest BCUT2D eigenvalue weighted by Crippen LogP contribution is 2.25. The van der Waals surface area contributed by atoms with E-state index < -0.39 is 0 Å². The number of hydrogen-bond acceptors (Lipinski definition) is 3. The van der Waals surface area contributed by atoms with Gasteiger partial charge in [0.2, 0.25) is 5.91 Å². The number of carbonyl (C=O) groups excluding carboxylic acids is 1. The van der Waals surface area contributed by atoms with Crippen LogP contribution < -0.4 is 4.74 Å². The van der Waals surface area contributed by atoms with Crippen LogP contribution in [0, 0.1) is 0 Å². The van der Waals surface area contributed by atoms with E-state index in [1.54, 1.807) is 13.3 Å². The van der Waals surface area contributed by atoms with E-state index in [4.69, 9.17) is 4.74 Å². The molecule has 0 aliphatic carbocycles. The van der Waals surface area contributed by atoms with Crippen LogP contribution >= 0.6 is 0 Å². The summed E-state index contributed by atoms with van der Waals surface area (Å²) in [6.07, 6.45) is 6.02. The van der Waals surface area contributed by atoms with Crippen LogP contribution in [0.3, 0.4) is 0 Å². The summed E-state index contributed by atoms with van der Waals surface area (Å²) in [5.74, 6) is 2.46. The molecule has 116 valence electrons. The molecule has 1 fully saturated rings. The molecule has 1 aliphatic rings. The number of imidazole rings is 1. The molecule has 1 saturated heterocycles.